The summed E-state index contributed by atoms with van der Waals surface area (Å²) in [7, 11) is 1.80. The lowest BCUT2D eigenvalue weighted by atomic mass is 9.93. The average molecular weight is 143 g/mol. The van der Waals surface area contributed by atoms with Gasteiger partial charge in [-0.3, -0.25) is 0 Å². The van der Waals surface area contributed by atoms with Crippen molar-refractivity contribution < 1.29 is 4.74 Å². The molecule has 2 nitrogen and oxygen atoms in total. The van der Waals surface area contributed by atoms with Crippen LogP contribution >= 0.6 is 0 Å². The summed E-state index contributed by atoms with van der Waals surface area (Å²) in [5.74, 6) is 0.784. The van der Waals surface area contributed by atoms with Crippen LogP contribution in [-0.2, 0) is 4.74 Å². The van der Waals surface area contributed by atoms with Gasteiger partial charge >= 0.3 is 0 Å². The van der Waals surface area contributed by atoms with Gasteiger partial charge in [0, 0.05) is 7.11 Å². The highest BCUT2D eigenvalue weighted by Crippen LogP contribution is 2.17. The molecule has 1 aliphatic rings. The molecule has 0 unspecified atom stereocenters. The van der Waals surface area contributed by atoms with Crippen molar-refractivity contribution in [2.75, 3.05) is 20.2 Å². The first-order valence-corrected chi connectivity index (χ1v) is 4.08. The standard InChI is InChI=1S/C8H17NO/c1-7(10-2)8-3-5-9-6-4-8/h7-9H,3-6H2,1-2H3/t7-/m1/s1. The van der Waals surface area contributed by atoms with E-state index >= 15 is 0 Å². The predicted molar refractivity (Wildman–Crippen MR) is 42.1 cm³/mol. The van der Waals surface area contributed by atoms with Gasteiger partial charge in [0.05, 0.1) is 6.10 Å². The zero-order valence-corrected chi connectivity index (χ0v) is 6.89. The van der Waals surface area contributed by atoms with Crippen molar-refractivity contribution in [3.63, 3.8) is 0 Å². The van der Waals surface area contributed by atoms with Gasteiger partial charge in [-0.25, -0.2) is 0 Å². The van der Waals surface area contributed by atoms with Crippen LogP contribution in [0.15, 0.2) is 0 Å². The van der Waals surface area contributed by atoms with E-state index in [0.29, 0.717) is 6.10 Å². The second-order valence-corrected chi connectivity index (χ2v) is 3.03. The van der Waals surface area contributed by atoms with Crippen molar-refractivity contribution in [2.45, 2.75) is 25.9 Å². The fourth-order valence-corrected chi connectivity index (χ4v) is 1.51. The zero-order chi connectivity index (χ0) is 7.40. The molecule has 1 rings (SSSR count). The van der Waals surface area contributed by atoms with E-state index in [-0.39, 0.29) is 0 Å². The van der Waals surface area contributed by atoms with Gasteiger partial charge < -0.3 is 10.1 Å². The lowest BCUT2D eigenvalue weighted by molar-refractivity contribution is 0.0537. The molecule has 10 heavy (non-hydrogen) atoms. The Morgan fingerprint density at radius 1 is 1.40 bits per heavy atom. The molecule has 0 saturated carbocycles. The summed E-state index contributed by atoms with van der Waals surface area (Å²) in [6.45, 7) is 4.49. The van der Waals surface area contributed by atoms with Crippen LogP contribution in [0.5, 0.6) is 0 Å². The Balaban J connectivity index is 2.24. The molecule has 0 radical (unpaired) electrons. The largest absolute Gasteiger partial charge is 0.381 e. The number of nitrogens with one attached hydrogen (secondary N) is 1. The normalized spacial score (nSPS) is 24.6. The van der Waals surface area contributed by atoms with Crippen molar-refractivity contribution in [3.8, 4) is 0 Å². The summed E-state index contributed by atoms with van der Waals surface area (Å²) in [6.07, 6.45) is 2.99. The average Bonchev–Trinajstić information content (AvgIpc) is 2.05. The first kappa shape index (κ1) is 8.02. The molecule has 1 atom stereocenters. The molecule has 0 aromatic rings. The predicted octanol–water partition coefficient (Wildman–Crippen LogP) is 1.02. The molecule has 0 amide bonds. The Morgan fingerprint density at radius 2 is 2.00 bits per heavy atom. The molecule has 2 heteroatoms. The SMILES string of the molecule is CO[C@H](C)C1CCNCC1. The minimum atomic E-state index is 0.446. The van der Waals surface area contributed by atoms with Gasteiger partial charge in [-0.15, -0.1) is 0 Å². The summed E-state index contributed by atoms with van der Waals surface area (Å²) in [5.41, 5.74) is 0. The minimum Gasteiger partial charge on any atom is -0.381 e. The third-order valence-corrected chi connectivity index (χ3v) is 2.42. The lowest BCUT2D eigenvalue weighted by Gasteiger charge is -2.26. The Hall–Kier alpha value is -0.0800. The zero-order valence-electron chi connectivity index (χ0n) is 6.89. The number of hydrogen-bond acceptors (Lipinski definition) is 2. The van der Waals surface area contributed by atoms with Gasteiger partial charge in [-0.2, -0.15) is 0 Å². The molecule has 0 aliphatic carbocycles. The molecule has 60 valence electrons. The maximum absolute atomic E-state index is 5.26. The topological polar surface area (TPSA) is 21.3 Å². The molecule has 0 aromatic heterocycles. The Morgan fingerprint density at radius 3 is 2.50 bits per heavy atom. The fraction of sp³-hybridized carbons (Fsp3) is 1.00. The van der Waals surface area contributed by atoms with Crippen molar-refractivity contribution in [2.24, 2.45) is 5.92 Å². The first-order chi connectivity index (χ1) is 4.84. The Bertz CT molecular complexity index is 89.3. The van der Waals surface area contributed by atoms with Gasteiger partial charge in [0.25, 0.3) is 0 Å². The monoisotopic (exact) mass is 143 g/mol. The summed E-state index contributed by atoms with van der Waals surface area (Å²) in [4.78, 5) is 0. The van der Waals surface area contributed by atoms with E-state index in [4.69, 9.17) is 4.74 Å². The molecule has 0 aromatic carbocycles. The van der Waals surface area contributed by atoms with E-state index in [1.807, 2.05) is 0 Å². The molecule has 1 aliphatic heterocycles. The van der Waals surface area contributed by atoms with E-state index < -0.39 is 0 Å². The lowest BCUT2D eigenvalue weighted by Crippen LogP contribution is -2.33. The molecule has 1 N–H and O–H groups in total. The molecule has 1 heterocycles. The van der Waals surface area contributed by atoms with E-state index in [1.54, 1.807) is 7.11 Å². The highest BCUT2D eigenvalue weighted by molar-refractivity contribution is 4.72. The summed E-state index contributed by atoms with van der Waals surface area (Å²) in [6, 6.07) is 0. The van der Waals surface area contributed by atoms with Crippen molar-refractivity contribution in [1.82, 2.24) is 5.32 Å². The van der Waals surface area contributed by atoms with E-state index in [9.17, 15) is 0 Å². The quantitative estimate of drug-likeness (QED) is 0.623. The van der Waals surface area contributed by atoms with Gasteiger partial charge in [-0.1, -0.05) is 0 Å². The highest BCUT2D eigenvalue weighted by Gasteiger charge is 2.18. The van der Waals surface area contributed by atoms with Crippen LogP contribution in [0.3, 0.4) is 0 Å². The third-order valence-electron chi connectivity index (χ3n) is 2.42. The third kappa shape index (κ3) is 1.96. The first-order valence-electron chi connectivity index (χ1n) is 4.08. The summed E-state index contributed by atoms with van der Waals surface area (Å²) >= 11 is 0. The fourth-order valence-electron chi connectivity index (χ4n) is 1.51. The molecule has 0 bridgehead atoms. The van der Waals surface area contributed by atoms with Crippen LogP contribution < -0.4 is 5.32 Å². The smallest absolute Gasteiger partial charge is 0.0572 e. The van der Waals surface area contributed by atoms with Gasteiger partial charge in [-0.05, 0) is 38.8 Å². The van der Waals surface area contributed by atoms with Gasteiger partial charge in [0.2, 0.25) is 0 Å². The van der Waals surface area contributed by atoms with E-state index in [2.05, 4.69) is 12.2 Å². The molecule has 1 saturated heterocycles. The number of piperidine rings is 1. The summed E-state index contributed by atoms with van der Waals surface area (Å²) in [5, 5.41) is 3.34. The molecule has 0 spiro atoms. The van der Waals surface area contributed by atoms with E-state index in [1.165, 1.54) is 25.9 Å². The Kier molecular flexibility index (Phi) is 3.16. The maximum atomic E-state index is 5.26. The van der Waals surface area contributed by atoms with Crippen LogP contribution in [-0.4, -0.2) is 26.3 Å². The van der Waals surface area contributed by atoms with Gasteiger partial charge in [0.1, 0.15) is 0 Å². The van der Waals surface area contributed by atoms with Crippen LogP contribution in [0.1, 0.15) is 19.8 Å². The van der Waals surface area contributed by atoms with Crippen molar-refractivity contribution in [3.05, 3.63) is 0 Å². The van der Waals surface area contributed by atoms with E-state index in [0.717, 1.165) is 5.92 Å². The Labute approximate surface area is 63.0 Å². The molecular weight excluding hydrogens is 126 g/mol. The number of rotatable bonds is 2. The van der Waals surface area contributed by atoms with Crippen LogP contribution in [0.25, 0.3) is 0 Å². The second kappa shape index (κ2) is 3.94. The number of ether oxygens (including phenoxy) is 1. The van der Waals surface area contributed by atoms with Gasteiger partial charge in [0.15, 0.2) is 0 Å². The number of methoxy groups -OCH3 is 1. The second-order valence-electron chi connectivity index (χ2n) is 3.03. The molecule has 1 fully saturated rings. The van der Waals surface area contributed by atoms with Crippen LogP contribution in [0, 0.1) is 5.92 Å². The number of hydrogen-bond donors (Lipinski definition) is 1. The minimum absolute atomic E-state index is 0.446. The van der Waals surface area contributed by atoms with Crippen LogP contribution in [0.2, 0.25) is 0 Å². The maximum Gasteiger partial charge on any atom is 0.0572 e. The molecular formula is C8H17NO. The summed E-state index contributed by atoms with van der Waals surface area (Å²) < 4.78 is 5.26. The highest BCUT2D eigenvalue weighted by atomic mass is 16.5. The van der Waals surface area contributed by atoms with Crippen molar-refractivity contribution >= 4 is 0 Å². The van der Waals surface area contributed by atoms with Crippen molar-refractivity contribution in [1.29, 1.82) is 0 Å². The van der Waals surface area contributed by atoms with Crippen LogP contribution in [0.4, 0.5) is 0 Å².